The van der Waals surface area contributed by atoms with Crippen molar-refractivity contribution >= 4 is 40.4 Å². The Bertz CT molecular complexity index is 1080. The van der Waals surface area contributed by atoms with Gasteiger partial charge < -0.3 is 9.64 Å². The van der Waals surface area contributed by atoms with E-state index in [1.807, 2.05) is 92.0 Å². The van der Waals surface area contributed by atoms with Gasteiger partial charge in [0.25, 0.3) is 11.1 Å². The first-order valence-corrected chi connectivity index (χ1v) is 10.8. The number of nitrogens with zero attached hydrogens (tertiary/aromatic N) is 2. The van der Waals surface area contributed by atoms with Gasteiger partial charge in [0.05, 0.1) is 11.4 Å². The molecule has 6 heteroatoms. The number of hydrogen-bond acceptors (Lipinski definition) is 5. The average Bonchev–Trinajstić information content (AvgIpc) is 3.08. The first kappa shape index (κ1) is 20.8. The highest BCUT2D eigenvalue weighted by Gasteiger charge is 2.34. The van der Waals surface area contributed by atoms with Crippen LogP contribution in [0.4, 0.5) is 16.2 Å². The molecule has 0 radical (unpaired) electrons. The summed E-state index contributed by atoms with van der Waals surface area (Å²) >= 11 is 0.963. The van der Waals surface area contributed by atoms with E-state index in [1.54, 1.807) is 6.08 Å². The molecule has 0 bridgehead atoms. The number of para-hydroxylation sites is 2. The van der Waals surface area contributed by atoms with Gasteiger partial charge in [0, 0.05) is 18.4 Å². The van der Waals surface area contributed by atoms with Crippen LogP contribution in [0.25, 0.3) is 6.08 Å². The molecule has 31 heavy (non-hydrogen) atoms. The summed E-state index contributed by atoms with van der Waals surface area (Å²) < 4.78 is 5.61. The monoisotopic (exact) mass is 430 g/mol. The second-order valence-electron chi connectivity index (χ2n) is 6.98. The van der Waals surface area contributed by atoms with Gasteiger partial charge in [-0.1, -0.05) is 48.5 Å². The zero-order chi connectivity index (χ0) is 21.6. The molecule has 1 fully saturated rings. The summed E-state index contributed by atoms with van der Waals surface area (Å²) in [6.45, 7) is 0.480. The largest absolute Gasteiger partial charge is 0.492 e. The fourth-order valence-electron chi connectivity index (χ4n) is 3.21. The van der Waals surface area contributed by atoms with Gasteiger partial charge in [-0.2, -0.15) is 0 Å². The topological polar surface area (TPSA) is 49.9 Å². The van der Waals surface area contributed by atoms with Crippen molar-refractivity contribution in [3.63, 3.8) is 0 Å². The lowest BCUT2D eigenvalue weighted by Crippen LogP contribution is -2.32. The van der Waals surface area contributed by atoms with Gasteiger partial charge in [-0.3, -0.25) is 14.5 Å². The van der Waals surface area contributed by atoms with Gasteiger partial charge in [0.2, 0.25) is 0 Å². The van der Waals surface area contributed by atoms with E-state index < -0.39 is 0 Å². The summed E-state index contributed by atoms with van der Waals surface area (Å²) in [5, 5.41) is -0.270. The van der Waals surface area contributed by atoms with Crippen LogP contribution in [-0.2, 0) is 4.79 Å². The van der Waals surface area contributed by atoms with Crippen LogP contribution in [0.2, 0.25) is 0 Å². The zero-order valence-electron chi connectivity index (χ0n) is 17.1. The zero-order valence-corrected chi connectivity index (χ0v) is 17.9. The van der Waals surface area contributed by atoms with Crippen LogP contribution in [-0.4, -0.2) is 36.2 Å². The van der Waals surface area contributed by atoms with Crippen molar-refractivity contribution in [3.8, 4) is 5.75 Å². The van der Waals surface area contributed by atoms with Gasteiger partial charge in [-0.05, 0) is 59.8 Å². The predicted molar refractivity (Wildman–Crippen MR) is 126 cm³/mol. The molecule has 0 aromatic heterocycles. The maximum atomic E-state index is 12.7. The molecule has 0 N–H and O–H groups in total. The maximum absolute atomic E-state index is 12.7. The molecule has 2 amide bonds. The molecule has 1 saturated heterocycles. The molecule has 4 rings (SSSR count). The number of thioether (sulfide) groups is 1. The van der Waals surface area contributed by atoms with E-state index in [2.05, 4.69) is 4.90 Å². The smallest absolute Gasteiger partial charge is 0.293 e. The molecule has 5 nitrogen and oxygen atoms in total. The highest BCUT2D eigenvalue weighted by Crippen LogP contribution is 2.32. The van der Waals surface area contributed by atoms with Crippen molar-refractivity contribution in [2.45, 2.75) is 0 Å². The second-order valence-corrected chi connectivity index (χ2v) is 7.97. The van der Waals surface area contributed by atoms with Crippen LogP contribution in [0.1, 0.15) is 5.56 Å². The molecular formula is C25H22N2O3S. The Morgan fingerprint density at radius 3 is 2.16 bits per heavy atom. The number of benzene rings is 3. The minimum atomic E-state index is -0.280. The van der Waals surface area contributed by atoms with E-state index in [4.69, 9.17) is 4.74 Å². The number of imide groups is 1. The third-order valence-corrected chi connectivity index (χ3v) is 5.83. The molecular weight excluding hydrogens is 408 g/mol. The quantitative estimate of drug-likeness (QED) is 0.459. The summed E-state index contributed by atoms with van der Waals surface area (Å²) in [6.07, 6.45) is 1.76. The Morgan fingerprint density at radius 2 is 1.48 bits per heavy atom. The summed E-state index contributed by atoms with van der Waals surface area (Å²) in [7, 11) is 2.01. The van der Waals surface area contributed by atoms with E-state index in [-0.39, 0.29) is 24.3 Å². The highest BCUT2D eigenvalue weighted by molar-refractivity contribution is 8.18. The SMILES string of the molecule is CN(c1ccccc1)c1ccc(/C=C2\SC(=O)N(CCOc3ccccc3)C2=O)cc1. The van der Waals surface area contributed by atoms with Crippen molar-refractivity contribution in [2.24, 2.45) is 0 Å². The number of carbonyl (C=O) groups is 2. The molecule has 0 saturated carbocycles. The number of hydrogen-bond donors (Lipinski definition) is 0. The normalized spacial score (nSPS) is 14.9. The van der Waals surface area contributed by atoms with Crippen LogP contribution in [0.3, 0.4) is 0 Å². The van der Waals surface area contributed by atoms with Crippen molar-refractivity contribution < 1.29 is 14.3 Å². The Labute approximate surface area is 185 Å². The first-order valence-electron chi connectivity index (χ1n) is 9.94. The van der Waals surface area contributed by atoms with E-state index in [9.17, 15) is 9.59 Å². The molecule has 0 spiro atoms. The average molecular weight is 431 g/mol. The fraction of sp³-hybridized carbons (Fsp3) is 0.120. The molecule has 0 aliphatic carbocycles. The molecule has 1 aliphatic heterocycles. The van der Waals surface area contributed by atoms with Gasteiger partial charge in [-0.15, -0.1) is 0 Å². The van der Waals surface area contributed by atoms with Crippen LogP contribution >= 0.6 is 11.8 Å². The Hall–Kier alpha value is -3.51. The lowest BCUT2D eigenvalue weighted by molar-refractivity contribution is -0.123. The second kappa shape index (κ2) is 9.53. The number of anilines is 2. The van der Waals surface area contributed by atoms with Crippen LogP contribution in [0, 0.1) is 0 Å². The van der Waals surface area contributed by atoms with E-state index in [1.165, 1.54) is 4.90 Å². The summed E-state index contributed by atoms with van der Waals surface area (Å²) in [5.41, 5.74) is 3.00. The van der Waals surface area contributed by atoms with E-state index in [0.29, 0.717) is 10.7 Å². The predicted octanol–water partition coefficient (Wildman–Crippen LogP) is 5.57. The Morgan fingerprint density at radius 1 is 0.871 bits per heavy atom. The van der Waals surface area contributed by atoms with Gasteiger partial charge >= 0.3 is 0 Å². The molecule has 1 heterocycles. The third-order valence-electron chi connectivity index (χ3n) is 4.92. The van der Waals surface area contributed by atoms with Crippen molar-refractivity contribution in [1.29, 1.82) is 0 Å². The lowest BCUT2D eigenvalue weighted by Gasteiger charge is -2.19. The van der Waals surface area contributed by atoms with Gasteiger partial charge in [0.15, 0.2) is 0 Å². The van der Waals surface area contributed by atoms with E-state index in [0.717, 1.165) is 28.7 Å². The van der Waals surface area contributed by atoms with Crippen LogP contribution in [0.15, 0.2) is 89.8 Å². The number of amides is 2. The van der Waals surface area contributed by atoms with Crippen molar-refractivity contribution in [3.05, 3.63) is 95.4 Å². The highest BCUT2D eigenvalue weighted by atomic mass is 32.2. The maximum Gasteiger partial charge on any atom is 0.293 e. The molecule has 1 aliphatic rings. The van der Waals surface area contributed by atoms with Crippen molar-refractivity contribution in [1.82, 2.24) is 4.90 Å². The minimum absolute atomic E-state index is 0.220. The fourth-order valence-corrected chi connectivity index (χ4v) is 4.08. The van der Waals surface area contributed by atoms with Crippen LogP contribution < -0.4 is 9.64 Å². The standard InChI is InChI=1S/C25H22N2O3S/c1-26(20-8-4-2-5-9-20)21-14-12-19(13-15-21)18-23-24(28)27(25(29)31-23)16-17-30-22-10-6-3-7-11-22/h2-15,18H,16-17H2,1H3/b23-18-. The van der Waals surface area contributed by atoms with Gasteiger partial charge in [-0.25, -0.2) is 0 Å². The first-order chi connectivity index (χ1) is 15.1. The summed E-state index contributed by atoms with van der Waals surface area (Å²) in [4.78, 5) is 28.7. The Balaban J connectivity index is 1.39. The lowest BCUT2D eigenvalue weighted by atomic mass is 10.1. The molecule has 3 aromatic rings. The molecule has 0 atom stereocenters. The minimum Gasteiger partial charge on any atom is -0.492 e. The Kier molecular flexibility index (Phi) is 6.38. The number of rotatable bonds is 7. The van der Waals surface area contributed by atoms with Crippen LogP contribution in [0.5, 0.6) is 5.75 Å². The van der Waals surface area contributed by atoms with E-state index >= 15 is 0 Å². The number of carbonyl (C=O) groups excluding carboxylic acids is 2. The molecule has 0 unspecified atom stereocenters. The molecule has 3 aromatic carbocycles. The molecule has 156 valence electrons. The summed E-state index contributed by atoms with van der Waals surface area (Å²) in [6, 6.07) is 27.3. The van der Waals surface area contributed by atoms with Gasteiger partial charge in [0.1, 0.15) is 12.4 Å². The summed E-state index contributed by atoms with van der Waals surface area (Å²) in [5.74, 6) is 0.433. The third kappa shape index (κ3) is 4.98. The van der Waals surface area contributed by atoms with Crippen molar-refractivity contribution in [2.75, 3.05) is 25.1 Å². The number of ether oxygens (including phenoxy) is 1.